The monoisotopic (exact) mass is 336 g/mol. The Kier molecular flexibility index (Phi) is 4.69. The predicted octanol–water partition coefficient (Wildman–Crippen LogP) is 2.98. The van der Waals surface area contributed by atoms with Crippen LogP contribution in [0.2, 0.25) is 5.02 Å². The van der Waals surface area contributed by atoms with E-state index in [1.165, 1.54) is 0 Å². The van der Waals surface area contributed by atoms with Gasteiger partial charge in [0.1, 0.15) is 5.82 Å². The molecule has 1 aromatic heterocycles. The largest absolute Gasteiger partial charge is 0.370 e. The van der Waals surface area contributed by atoms with Gasteiger partial charge in [0, 0.05) is 29.7 Å². The SMILES string of the molecule is NC(=O)CCn1c(SCc2cccc(Cl)c2)nnc1C1CC1. The maximum absolute atomic E-state index is 11.1. The molecule has 1 heterocycles. The third kappa shape index (κ3) is 3.81. The number of amides is 1. The number of primary amides is 1. The fourth-order valence-corrected chi connectivity index (χ4v) is 3.38. The van der Waals surface area contributed by atoms with Crippen molar-refractivity contribution >= 4 is 29.3 Å². The van der Waals surface area contributed by atoms with Crippen molar-refractivity contribution in [2.75, 3.05) is 0 Å². The zero-order valence-electron chi connectivity index (χ0n) is 12.0. The number of carbonyl (C=O) groups is 1. The molecule has 0 unspecified atom stereocenters. The van der Waals surface area contributed by atoms with Gasteiger partial charge < -0.3 is 10.3 Å². The van der Waals surface area contributed by atoms with Gasteiger partial charge in [0.15, 0.2) is 5.16 Å². The van der Waals surface area contributed by atoms with E-state index >= 15 is 0 Å². The average Bonchev–Trinajstić information content (AvgIpc) is 3.24. The molecule has 0 spiro atoms. The maximum atomic E-state index is 11.1. The summed E-state index contributed by atoms with van der Waals surface area (Å²) in [6, 6.07) is 7.77. The van der Waals surface area contributed by atoms with Crippen LogP contribution in [0.15, 0.2) is 29.4 Å². The van der Waals surface area contributed by atoms with E-state index in [1.807, 2.05) is 28.8 Å². The molecule has 3 rings (SSSR count). The number of thioether (sulfide) groups is 1. The molecule has 7 heteroatoms. The van der Waals surface area contributed by atoms with Crippen molar-refractivity contribution in [2.24, 2.45) is 5.73 Å². The zero-order chi connectivity index (χ0) is 15.5. The number of rotatable bonds is 7. The lowest BCUT2D eigenvalue weighted by Crippen LogP contribution is -2.15. The van der Waals surface area contributed by atoms with Gasteiger partial charge >= 0.3 is 0 Å². The van der Waals surface area contributed by atoms with Crippen LogP contribution in [0.25, 0.3) is 0 Å². The highest BCUT2D eigenvalue weighted by atomic mass is 35.5. The number of aromatic nitrogens is 3. The zero-order valence-corrected chi connectivity index (χ0v) is 13.6. The first-order valence-electron chi connectivity index (χ1n) is 7.22. The van der Waals surface area contributed by atoms with Gasteiger partial charge in [-0.3, -0.25) is 4.79 Å². The normalized spacial score (nSPS) is 14.2. The number of nitrogens with two attached hydrogens (primary N) is 1. The van der Waals surface area contributed by atoms with E-state index in [9.17, 15) is 4.79 Å². The Morgan fingerprint density at radius 3 is 2.91 bits per heavy atom. The second-order valence-electron chi connectivity index (χ2n) is 5.40. The summed E-state index contributed by atoms with van der Waals surface area (Å²) >= 11 is 7.61. The van der Waals surface area contributed by atoms with Crippen LogP contribution in [0, 0.1) is 0 Å². The minimum Gasteiger partial charge on any atom is -0.370 e. The summed E-state index contributed by atoms with van der Waals surface area (Å²) in [4.78, 5) is 11.1. The number of benzene rings is 1. The van der Waals surface area contributed by atoms with Gasteiger partial charge in [0.05, 0.1) is 0 Å². The van der Waals surface area contributed by atoms with Crippen LogP contribution in [0.1, 0.15) is 36.6 Å². The van der Waals surface area contributed by atoms with E-state index < -0.39 is 0 Å². The molecule has 0 radical (unpaired) electrons. The molecule has 1 aromatic carbocycles. The van der Waals surface area contributed by atoms with E-state index in [1.54, 1.807) is 11.8 Å². The van der Waals surface area contributed by atoms with E-state index in [4.69, 9.17) is 17.3 Å². The molecular weight excluding hydrogens is 320 g/mol. The van der Waals surface area contributed by atoms with Crippen LogP contribution in [-0.4, -0.2) is 20.7 Å². The Hall–Kier alpha value is -1.53. The van der Waals surface area contributed by atoms with Gasteiger partial charge in [0.2, 0.25) is 5.91 Å². The topological polar surface area (TPSA) is 73.8 Å². The Labute approximate surface area is 138 Å². The molecule has 1 fully saturated rings. The minimum atomic E-state index is -0.304. The summed E-state index contributed by atoms with van der Waals surface area (Å²) in [5, 5.41) is 10.1. The van der Waals surface area contributed by atoms with E-state index in [2.05, 4.69) is 10.2 Å². The number of hydrogen-bond donors (Lipinski definition) is 1. The molecule has 116 valence electrons. The number of carbonyl (C=O) groups excluding carboxylic acids is 1. The van der Waals surface area contributed by atoms with E-state index in [-0.39, 0.29) is 5.91 Å². The van der Waals surface area contributed by atoms with Crippen molar-refractivity contribution in [1.29, 1.82) is 0 Å². The van der Waals surface area contributed by atoms with Gasteiger partial charge in [-0.1, -0.05) is 35.5 Å². The summed E-state index contributed by atoms with van der Waals surface area (Å²) in [5.41, 5.74) is 6.40. The lowest BCUT2D eigenvalue weighted by atomic mass is 10.2. The first kappa shape index (κ1) is 15.4. The summed E-state index contributed by atoms with van der Waals surface area (Å²) < 4.78 is 2.04. The first-order chi connectivity index (χ1) is 10.6. The smallest absolute Gasteiger partial charge is 0.219 e. The van der Waals surface area contributed by atoms with Crippen molar-refractivity contribution in [3.05, 3.63) is 40.7 Å². The number of hydrogen-bond acceptors (Lipinski definition) is 4. The highest BCUT2D eigenvalue weighted by molar-refractivity contribution is 7.98. The molecule has 0 bridgehead atoms. The average molecular weight is 337 g/mol. The Balaban J connectivity index is 1.73. The Morgan fingerprint density at radius 2 is 2.23 bits per heavy atom. The van der Waals surface area contributed by atoms with Gasteiger partial charge in [-0.2, -0.15) is 0 Å². The molecule has 0 atom stereocenters. The molecule has 1 aliphatic carbocycles. The lowest BCUT2D eigenvalue weighted by Gasteiger charge is -2.08. The number of halogens is 1. The Morgan fingerprint density at radius 1 is 1.41 bits per heavy atom. The van der Waals surface area contributed by atoms with Crippen molar-refractivity contribution in [1.82, 2.24) is 14.8 Å². The molecule has 2 N–H and O–H groups in total. The molecule has 1 amide bonds. The lowest BCUT2D eigenvalue weighted by molar-refractivity contribution is -0.118. The van der Waals surface area contributed by atoms with E-state index in [0.717, 1.165) is 40.2 Å². The molecule has 1 aliphatic rings. The molecule has 2 aromatic rings. The van der Waals surface area contributed by atoms with Gasteiger partial charge in [0.25, 0.3) is 0 Å². The fourth-order valence-electron chi connectivity index (χ4n) is 2.26. The molecule has 22 heavy (non-hydrogen) atoms. The van der Waals surface area contributed by atoms with Gasteiger partial charge in [-0.25, -0.2) is 0 Å². The highest BCUT2D eigenvalue weighted by Gasteiger charge is 2.30. The van der Waals surface area contributed by atoms with Crippen LogP contribution in [0.3, 0.4) is 0 Å². The first-order valence-corrected chi connectivity index (χ1v) is 8.58. The van der Waals surface area contributed by atoms with Crippen LogP contribution in [0.4, 0.5) is 0 Å². The van der Waals surface area contributed by atoms with Crippen molar-refractivity contribution in [2.45, 2.75) is 42.6 Å². The molecule has 0 aliphatic heterocycles. The maximum Gasteiger partial charge on any atom is 0.219 e. The third-order valence-electron chi connectivity index (χ3n) is 3.53. The van der Waals surface area contributed by atoms with Crippen molar-refractivity contribution < 1.29 is 4.79 Å². The van der Waals surface area contributed by atoms with Crippen LogP contribution in [0.5, 0.6) is 0 Å². The molecular formula is C15H17ClN4OS. The summed E-state index contributed by atoms with van der Waals surface area (Å²) in [5.74, 6) is 1.93. The second kappa shape index (κ2) is 6.71. The van der Waals surface area contributed by atoms with Crippen LogP contribution >= 0.6 is 23.4 Å². The molecule has 5 nitrogen and oxygen atoms in total. The van der Waals surface area contributed by atoms with Gasteiger partial charge in [-0.15, -0.1) is 10.2 Å². The van der Waals surface area contributed by atoms with Crippen LogP contribution in [-0.2, 0) is 17.1 Å². The standard InChI is InChI=1S/C15H17ClN4OS/c16-12-3-1-2-10(8-12)9-22-15-19-18-14(11-4-5-11)20(15)7-6-13(17)21/h1-3,8,11H,4-7,9H2,(H2,17,21). The van der Waals surface area contributed by atoms with Crippen molar-refractivity contribution in [3.8, 4) is 0 Å². The predicted molar refractivity (Wildman–Crippen MR) is 86.8 cm³/mol. The molecule has 0 saturated heterocycles. The highest BCUT2D eigenvalue weighted by Crippen LogP contribution is 2.40. The van der Waals surface area contributed by atoms with Crippen LogP contribution < -0.4 is 5.73 Å². The van der Waals surface area contributed by atoms with Crippen molar-refractivity contribution in [3.63, 3.8) is 0 Å². The summed E-state index contributed by atoms with van der Waals surface area (Å²) in [6.45, 7) is 0.548. The van der Waals surface area contributed by atoms with Gasteiger partial charge in [-0.05, 0) is 30.5 Å². The quantitative estimate of drug-likeness (QED) is 0.789. The minimum absolute atomic E-state index is 0.304. The number of nitrogens with zero attached hydrogens (tertiary/aromatic N) is 3. The second-order valence-corrected chi connectivity index (χ2v) is 6.78. The fraction of sp³-hybridized carbons (Fsp3) is 0.400. The van der Waals surface area contributed by atoms with E-state index in [0.29, 0.717) is 18.9 Å². The third-order valence-corrected chi connectivity index (χ3v) is 4.80. The molecule has 1 saturated carbocycles. The Bertz CT molecular complexity index is 684. The summed E-state index contributed by atoms with van der Waals surface area (Å²) in [7, 11) is 0. The summed E-state index contributed by atoms with van der Waals surface area (Å²) in [6.07, 6.45) is 2.60.